The zero-order valence-electron chi connectivity index (χ0n) is 5.89. The number of hydrogen-bond acceptors (Lipinski definition) is 2. The third kappa shape index (κ3) is 2.28. The summed E-state index contributed by atoms with van der Waals surface area (Å²) in [6.07, 6.45) is 0. The minimum absolute atomic E-state index is 0.175. The molecule has 0 saturated heterocycles. The van der Waals surface area contributed by atoms with Gasteiger partial charge in [-0.25, -0.2) is 0 Å². The highest BCUT2D eigenvalue weighted by molar-refractivity contribution is 4.53. The van der Waals surface area contributed by atoms with Gasteiger partial charge < -0.3 is 5.11 Å². The van der Waals surface area contributed by atoms with Crippen molar-refractivity contribution < 1.29 is 5.11 Å². The van der Waals surface area contributed by atoms with Gasteiger partial charge in [0.05, 0.1) is 6.73 Å². The SMILES string of the molecule is CCN(CO)C(C)C. The molecule has 0 saturated carbocycles. The fourth-order valence-corrected chi connectivity index (χ4v) is 0.628. The molecular formula is C6H15NO. The van der Waals surface area contributed by atoms with E-state index in [1.807, 2.05) is 11.8 Å². The van der Waals surface area contributed by atoms with E-state index in [9.17, 15) is 0 Å². The van der Waals surface area contributed by atoms with Crippen LogP contribution in [0.2, 0.25) is 0 Å². The van der Waals surface area contributed by atoms with Gasteiger partial charge in [0, 0.05) is 6.04 Å². The molecule has 1 N–H and O–H groups in total. The second-order valence-corrected chi connectivity index (χ2v) is 2.14. The molecule has 0 spiro atoms. The molecule has 0 fully saturated rings. The Morgan fingerprint density at radius 3 is 2.00 bits per heavy atom. The van der Waals surface area contributed by atoms with Crippen LogP contribution in [0.4, 0.5) is 0 Å². The Kier molecular flexibility index (Phi) is 3.83. The first-order valence-electron chi connectivity index (χ1n) is 3.07. The van der Waals surface area contributed by atoms with Gasteiger partial charge in [0.2, 0.25) is 0 Å². The molecule has 0 aromatic carbocycles. The van der Waals surface area contributed by atoms with E-state index in [0.29, 0.717) is 6.04 Å². The van der Waals surface area contributed by atoms with Gasteiger partial charge in [-0.2, -0.15) is 0 Å². The van der Waals surface area contributed by atoms with Crippen LogP contribution in [0, 0.1) is 0 Å². The highest BCUT2D eigenvalue weighted by atomic mass is 16.3. The predicted molar refractivity (Wildman–Crippen MR) is 34.6 cm³/mol. The third-order valence-corrected chi connectivity index (χ3v) is 1.32. The maximum Gasteiger partial charge on any atom is 0.0958 e. The summed E-state index contributed by atoms with van der Waals surface area (Å²) < 4.78 is 0. The van der Waals surface area contributed by atoms with E-state index >= 15 is 0 Å². The predicted octanol–water partition coefficient (Wildman–Crippen LogP) is 0.666. The second kappa shape index (κ2) is 3.87. The molecule has 0 aromatic rings. The van der Waals surface area contributed by atoms with Crippen molar-refractivity contribution in [2.24, 2.45) is 0 Å². The third-order valence-electron chi connectivity index (χ3n) is 1.32. The largest absolute Gasteiger partial charge is 0.381 e. The Morgan fingerprint density at radius 1 is 1.50 bits per heavy atom. The Balaban J connectivity index is 3.35. The van der Waals surface area contributed by atoms with Gasteiger partial charge in [-0.15, -0.1) is 0 Å². The molecule has 2 nitrogen and oxygen atoms in total. The summed E-state index contributed by atoms with van der Waals surface area (Å²) in [6.45, 7) is 7.28. The fraction of sp³-hybridized carbons (Fsp3) is 1.00. The van der Waals surface area contributed by atoms with E-state index in [2.05, 4.69) is 13.8 Å². The second-order valence-electron chi connectivity index (χ2n) is 2.14. The summed E-state index contributed by atoms with van der Waals surface area (Å²) in [5, 5.41) is 8.62. The van der Waals surface area contributed by atoms with Crippen LogP contribution in [-0.4, -0.2) is 29.3 Å². The van der Waals surface area contributed by atoms with Crippen molar-refractivity contribution in [2.75, 3.05) is 13.3 Å². The van der Waals surface area contributed by atoms with E-state index < -0.39 is 0 Å². The number of nitrogens with zero attached hydrogens (tertiary/aromatic N) is 1. The first-order valence-corrected chi connectivity index (χ1v) is 3.07. The molecule has 0 aliphatic heterocycles. The van der Waals surface area contributed by atoms with Crippen molar-refractivity contribution in [2.45, 2.75) is 26.8 Å². The fourth-order valence-electron chi connectivity index (χ4n) is 0.628. The number of rotatable bonds is 3. The van der Waals surface area contributed by atoms with Gasteiger partial charge >= 0.3 is 0 Å². The molecule has 0 amide bonds. The first-order chi connectivity index (χ1) is 3.72. The van der Waals surface area contributed by atoms with Crippen molar-refractivity contribution >= 4 is 0 Å². The molecule has 8 heavy (non-hydrogen) atoms. The van der Waals surface area contributed by atoms with Gasteiger partial charge in [0.15, 0.2) is 0 Å². The molecule has 0 heterocycles. The molecule has 0 aliphatic rings. The summed E-state index contributed by atoms with van der Waals surface area (Å²) in [6, 6.07) is 0.463. The van der Waals surface area contributed by atoms with Crippen LogP contribution in [0.1, 0.15) is 20.8 Å². The molecule has 0 aromatic heterocycles. The van der Waals surface area contributed by atoms with Gasteiger partial charge in [0.1, 0.15) is 0 Å². The number of hydrogen-bond donors (Lipinski definition) is 1. The van der Waals surface area contributed by atoms with Gasteiger partial charge in [-0.1, -0.05) is 6.92 Å². The maximum atomic E-state index is 8.62. The van der Waals surface area contributed by atoms with Crippen LogP contribution >= 0.6 is 0 Å². The van der Waals surface area contributed by atoms with Crippen LogP contribution in [-0.2, 0) is 0 Å². The minimum atomic E-state index is 0.175. The molecular weight excluding hydrogens is 102 g/mol. The summed E-state index contributed by atoms with van der Waals surface area (Å²) in [5.41, 5.74) is 0. The topological polar surface area (TPSA) is 23.5 Å². The lowest BCUT2D eigenvalue weighted by atomic mass is 10.3. The van der Waals surface area contributed by atoms with Crippen molar-refractivity contribution in [1.82, 2.24) is 4.90 Å². The lowest BCUT2D eigenvalue weighted by molar-refractivity contribution is 0.0860. The van der Waals surface area contributed by atoms with E-state index in [-0.39, 0.29) is 6.73 Å². The van der Waals surface area contributed by atoms with Crippen LogP contribution in [0.3, 0.4) is 0 Å². The molecule has 0 aliphatic carbocycles. The number of aliphatic hydroxyl groups excluding tert-OH is 1. The van der Waals surface area contributed by atoms with Gasteiger partial charge in [0.25, 0.3) is 0 Å². The molecule has 0 radical (unpaired) electrons. The first kappa shape index (κ1) is 7.92. The standard InChI is InChI=1S/C6H15NO/c1-4-7(5-8)6(2)3/h6,8H,4-5H2,1-3H3. The average molecular weight is 117 g/mol. The van der Waals surface area contributed by atoms with Crippen LogP contribution in [0.5, 0.6) is 0 Å². The Labute approximate surface area is 51.1 Å². The Hall–Kier alpha value is -0.0800. The van der Waals surface area contributed by atoms with Crippen molar-refractivity contribution in [1.29, 1.82) is 0 Å². The van der Waals surface area contributed by atoms with Crippen LogP contribution < -0.4 is 0 Å². The zero-order valence-corrected chi connectivity index (χ0v) is 5.89. The molecule has 0 unspecified atom stereocenters. The van der Waals surface area contributed by atoms with Crippen LogP contribution in [0.25, 0.3) is 0 Å². The van der Waals surface area contributed by atoms with E-state index in [0.717, 1.165) is 6.54 Å². The highest BCUT2D eigenvalue weighted by Crippen LogP contribution is 1.92. The van der Waals surface area contributed by atoms with E-state index in [4.69, 9.17) is 5.11 Å². The molecule has 2 heteroatoms. The molecule has 0 bridgehead atoms. The monoisotopic (exact) mass is 117 g/mol. The molecule has 50 valence electrons. The summed E-state index contributed by atoms with van der Waals surface area (Å²) >= 11 is 0. The van der Waals surface area contributed by atoms with Crippen LogP contribution in [0.15, 0.2) is 0 Å². The number of aliphatic hydroxyl groups is 1. The lowest BCUT2D eigenvalue weighted by Crippen LogP contribution is -2.31. The Morgan fingerprint density at radius 2 is 2.00 bits per heavy atom. The summed E-state index contributed by atoms with van der Waals surface area (Å²) in [4.78, 5) is 1.97. The molecule has 0 rings (SSSR count). The van der Waals surface area contributed by atoms with E-state index in [1.54, 1.807) is 0 Å². The van der Waals surface area contributed by atoms with Crippen molar-refractivity contribution in [3.63, 3.8) is 0 Å². The normalized spacial score (nSPS) is 11.2. The Bertz CT molecular complexity index is 50.5. The lowest BCUT2D eigenvalue weighted by Gasteiger charge is -2.20. The summed E-state index contributed by atoms with van der Waals surface area (Å²) in [7, 11) is 0. The summed E-state index contributed by atoms with van der Waals surface area (Å²) in [5.74, 6) is 0. The highest BCUT2D eigenvalue weighted by Gasteiger charge is 2.01. The molecule has 0 atom stereocenters. The maximum absolute atomic E-state index is 8.62. The quantitative estimate of drug-likeness (QED) is 0.549. The minimum Gasteiger partial charge on any atom is -0.381 e. The van der Waals surface area contributed by atoms with E-state index in [1.165, 1.54) is 0 Å². The van der Waals surface area contributed by atoms with Gasteiger partial charge in [-0.05, 0) is 20.4 Å². The van der Waals surface area contributed by atoms with Crippen molar-refractivity contribution in [3.8, 4) is 0 Å². The smallest absolute Gasteiger partial charge is 0.0958 e. The van der Waals surface area contributed by atoms with Gasteiger partial charge in [-0.3, -0.25) is 4.90 Å². The van der Waals surface area contributed by atoms with Crippen molar-refractivity contribution in [3.05, 3.63) is 0 Å². The zero-order chi connectivity index (χ0) is 6.57. The average Bonchev–Trinajstić information content (AvgIpc) is 1.69.